The number of rotatable bonds is 7. The number of aryl methyl sites for hydroxylation is 1. The Balaban J connectivity index is 1.51. The Morgan fingerprint density at radius 2 is 1.78 bits per heavy atom. The molecule has 37 heavy (non-hydrogen) atoms. The zero-order valence-corrected chi connectivity index (χ0v) is 21.2. The summed E-state index contributed by atoms with van der Waals surface area (Å²) in [5.41, 5.74) is -0.852. The summed E-state index contributed by atoms with van der Waals surface area (Å²) in [5, 5.41) is 19.2. The molecule has 12 heteroatoms. The Morgan fingerprint density at radius 3 is 2.41 bits per heavy atom. The van der Waals surface area contributed by atoms with E-state index in [0.717, 1.165) is 11.3 Å². The molecular weight excluding hydrogens is 524 g/mol. The Hall–Kier alpha value is -3.54. The molecule has 0 aliphatic carbocycles. The number of alkyl halides is 3. The molecule has 0 unspecified atom stereocenters. The summed E-state index contributed by atoms with van der Waals surface area (Å²) in [7, 11) is 0. The number of hydrogen-bond acceptors (Lipinski definition) is 6. The number of halogens is 3. The van der Waals surface area contributed by atoms with Gasteiger partial charge in [0.25, 0.3) is 5.91 Å². The van der Waals surface area contributed by atoms with E-state index in [2.05, 4.69) is 25.7 Å². The molecule has 2 aromatic carbocycles. The van der Waals surface area contributed by atoms with E-state index in [-0.39, 0.29) is 11.3 Å². The van der Waals surface area contributed by atoms with E-state index in [1.165, 1.54) is 30.5 Å². The van der Waals surface area contributed by atoms with Gasteiger partial charge in [0.2, 0.25) is 0 Å². The van der Waals surface area contributed by atoms with Crippen LogP contribution in [0, 0.1) is 6.92 Å². The quantitative estimate of drug-likeness (QED) is 0.237. The summed E-state index contributed by atoms with van der Waals surface area (Å²) in [4.78, 5) is 19.3. The summed E-state index contributed by atoms with van der Waals surface area (Å²) in [6.07, 6.45) is 1.55. The third-order valence-electron chi connectivity index (χ3n) is 5.50. The van der Waals surface area contributed by atoms with Gasteiger partial charge in [0.15, 0.2) is 10.9 Å². The predicted molar refractivity (Wildman–Crippen MR) is 144 cm³/mol. The second-order valence-corrected chi connectivity index (χ2v) is 9.30. The fourth-order valence-corrected chi connectivity index (χ4v) is 4.04. The third-order valence-corrected chi connectivity index (χ3v) is 5.78. The van der Waals surface area contributed by atoms with Crippen molar-refractivity contribution in [1.82, 2.24) is 4.98 Å². The van der Waals surface area contributed by atoms with Crippen LogP contribution in [0.1, 0.15) is 22.3 Å². The Kier molecular flexibility index (Phi) is 8.06. The molecule has 1 aromatic heterocycles. The molecule has 3 aromatic rings. The number of ether oxygens (including phenoxy) is 1. The monoisotopic (exact) mass is 547 g/mol. The standard InChI is InChI=1S/C25H24ClF2N5O3S/c1-15-2-4-18(5-3-15)31-24(37)32-21-12-16(13-29-22(21)33-11-10-19(34)14-33)23(35)30-17-6-8-20(9-7-17)36-25(26,27)28/h2-9,12-13,19,34H,10-11,14H2,1H3,(H,30,35)(H2,31,32,37)/t19-/m1/s1. The summed E-state index contributed by atoms with van der Waals surface area (Å²) < 4.78 is 29.9. The van der Waals surface area contributed by atoms with Gasteiger partial charge in [-0.1, -0.05) is 17.7 Å². The molecule has 2 heterocycles. The molecule has 194 valence electrons. The van der Waals surface area contributed by atoms with Crippen molar-refractivity contribution < 1.29 is 23.4 Å². The van der Waals surface area contributed by atoms with Crippen LogP contribution in [0.5, 0.6) is 5.75 Å². The molecule has 4 rings (SSSR count). The van der Waals surface area contributed by atoms with E-state index in [1.54, 1.807) is 6.07 Å². The summed E-state index contributed by atoms with van der Waals surface area (Å²) in [5.74, 6) is -0.0835. The Labute approximate surface area is 222 Å². The molecule has 0 radical (unpaired) electrons. The van der Waals surface area contributed by atoms with Gasteiger partial charge in [-0.25, -0.2) is 4.98 Å². The molecule has 1 fully saturated rings. The number of benzene rings is 2. The molecule has 1 amide bonds. The number of aliphatic hydroxyl groups excluding tert-OH is 1. The van der Waals surface area contributed by atoms with E-state index in [9.17, 15) is 18.7 Å². The van der Waals surface area contributed by atoms with E-state index < -0.39 is 17.6 Å². The predicted octanol–water partition coefficient (Wildman–Crippen LogP) is 5.19. The van der Waals surface area contributed by atoms with Crippen LogP contribution in [-0.2, 0) is 0 Å². The van der Waals surface area contributed by atoms with Crippen LogP contribution in [0.3, 0.4) is 0 Å². The molecule has 0 spiro atoms. The minimum absolute atomic E-state index is 0.155. The van der Waals surface area contributed by atoms with Gasteiger partial charge in [0, 0.05) is 42.3 Å². The number of pyridine rings is 1. The maximum atomic E-state index is 12.9. The Morgan fingerprint density at radius 1 is 1.14 bits per heavy atom. The van der Waals surface area contributed by atoms with Crippen LogP contribution in [0.4, 0.5) is 31.7 Å². The highest BCUT2D eigenvalue weighted by atomic mass is 35.5. The minimum atomic E-state index is -3.83. The van der Waals surface area contributed by atoms with E-state index >= 15 is 0 Å². The highest BCUT2D eigenvalue weighted by Gasteiger charge is 2.27. The number of carbonyl (C=O) groups excluding carboxylic acids is 1. The van der Waals surface area contributed by atoms with Gasteiger partial charge in [-0.15, -0.1) is 8.78 Å². The number of amides is 1. The van der Waals surface area contributed by atoms with Crippen molar-refractivity contribution in [3.63, 3.8) is 0 Å². The van der Waals surface area contributed by atoms with Crippen molar-refractivity contribution in [2.75, 3.05) is 33.9 Å². The van der Waals surface area contributed by atoms with Gasteiger partial charge >= 0.3 is 5.57 Å². The zero-order valence-electron chi connectivity index (χ0n) is 19.7. The molecule has 1 atom stereocenters. The number of aromatic nitrogens is 1. The van der Waals surface area contributed by atoms with Crippen LogP contribution in [0.15, 0.2) is 60.8 Å². The number of carbonyl (C=O) groups is 1. The third kappa shape index (κ3) is 7.48. The average Bonchev–Trinajstić information content (AvgIpc) is 3.26. The average molecular weight is 548 g/mol. The topological polar surface area (TPSA) is 98.8 Å². The first-order chi connectivity index (χ1) is 17.6. The highest BCUT2D eigenvalue weighted by Crippen LogP contribution is 2.29. The van der Waals surface area contributed by atoms with Crippen molar-refractivity contribution in [2.45, 2.75) is 25.0 Å². The lowest BCUT2D eigenvalue weighted by Gasteiger charge is -2.22. The van der Waals surface area contributed by atoms with Crippen LogP contribution >= 0.6 is 23.8 Å². The van der Waals surface area contributed by atoms with Gasteiger partial charge < -0.3 is 30.7 Å². The number of nitrogens with zero attached hydrogens (tertiary/aromatic N) is 2. The van der Waals surface area contributed by atoms with Gasteiger partial charge in [-0.3, -0.25) is 4.79 Å². The number of anilines is 4. The van der Waals surface area contributed by atoms with Gasteiger partial charge in [-0.05, 0) is 68.0 Å². The SMILES string of the molecule is Cc1ccc(NC(=S)Nc2cc(C(=O)Nc3ccc(OC(F)(F)Cl)cc3)cnc2N2CC[C@@H](O)C2)cc1. The van der Waals surface area contributed by atoms with Crippen molar-refractivity contribution >= 4 is 57.7 Å². The lowest BCUT2D eigenvalue weighted by Crippen LogP contribution is -2.26. The molecule has 8 nitrogen and oxygen atoms in total. The molecule has 0 bridgehead atoms. The van der Waals surface area contributed by atoms with Crippen molar-refractivity contribution in [3.05, 3.63) is 71.9 Å². The first kappa shape index (κ1) is 26.5. The van der Waals surface area contributed by atoms with Crippen LogP contribution in [-0.4, -0.2) is 45.9 Å². The summed E-state index contributed by atoms with van der Waals surface area (Å²) in [6, 6.07) is 14.6. The Bertz CT molecular complexity index is 1270. The van der Waals surface area contributed by atoms with Crippen molar-refractivity contribution in [2.24, 2.45) is 0 Å². The zero-order chi connectivity index (χ0) is 26.6. The number of β-amino-alcohol motifs (C(OH)–C–C–N with tert-alkyl or cyclic N) is 1. The number of nitrogens with one attached hydrogen (secondary N) is 3. The molecule has 4 N–H and O–H groups in total. The first-order valence-corrected chi connectivity index (χ1v) is 12.1. The molecular formula is C25H24ClF2N5O3S. The fourth-order valence-electron chi connectivity index (χ4n) is 3.72. The lowest BCUT2D eigenvalue weighted by molar-refractivity contribution is -0.0964. The minimum Gasteiger partial charge on any atom is -0.420 e. The summed E-state index contributed by atoms with van der Waals surface area (Å²) >= 11 is 10.3. The number of thiocarbonyl (C=S) groups is 1. The maximum Gasteiger partial charge on any atom is 0.487 e. The number of aliphatic hydroxyl groups is 1. The highest BCUT2D eigenvalue weighted by molar-refractivity contribution is 7.80. The second kappa shape index (κ2) is 11.2. The fraction of sp³-hybridized carbons (Fsp3) is 0.240. The van der Waals surface area contributed by atoms with Crippen LogP contribution < -0.4 is 25.6 Å². The first-order valence-electron chi connectivity index (χ1n) is 11.3. The maximum absolute atomic E-state index is 12.9. The van der Waals surface area contributed by atoms with Crippen molar-refractivity contribution in [3.8, 4) is 5.75 Å². The van der Waals surface area contributed by atoms with Gasteiger partial charge in [0.1, 0.15) is 5.75 Å². The van der Waals surface area contributed by atoms with Crippen LogP contribution in [0.25, 0.3) is 0 Å². The molecule has 0 saturated carbocycles. The molecule has 1 saturated heterocycles. The molecule has 1 aliphatic rings. The second-order valence-electron chi connectivity index (χ2n) is 8.46. The lowest BCUT2D eigenvalue weighted by atomic mass is 10.2. The summed E-state index contributed by atoms with van der Waals surface area (Å²) in [6.45, 7) is 2.99. The van der Waals surface area contributed by atoms with Gasteiger partial charge in [-0.2, -0.15) is 0 Å². The van der Waals surface area contributed by atoms with E-state index in [1.807, 2.05) is 36.1 Å². The number of hydrogen-bond donors (Lipinski definition) is 4. The van der Waals surface area contributed by atoms with E-state index in [0.29, 0.717) is 41.8 Å². The smallest absolute Gasteiger partial charge is 0.420 e. The van der Waals surface area contributed by atoms with E-state index in [4.69, 9.17) is 23.8 Å². The van der Waals surface area contributed by atoms with Crippen molar-refractivity contribution in [1.29, 1.82) is 0 Å². The normalized spacial score (nSPS) is 15.3. The van der Waals surface area contributed by atoms with Gasteiger partial charge in [0.05, 0.1) is 17.4 Å². The largest absolute Gasteiger partial charge is 0.487 e. The molecule has 1 aliphatic heterocycles. The van der Waals surface area contributed by atoms with Crippen LogP contribution in [0.2, 0.25) is 0 Å².